The first-order valence-electron chi connectivity index (χ1n) is 4.18. The van der Waals surface area contributed by atoms with Crippen molar-refractivity contribution in [2.24, 2.45) is 0 Å². The number of aliphatic hydroxyl groups is 1. The standard InChI is InChI=1S/C9H6F6O2/c10-8(11,12)7(16,9(13,14)15)17-6-4-2-1-3-5-6/h1-5,16H. The number of hydrogen-bond acceptors (Lipinski definition) is 2. The average Bonchev–Trinajstić information content (AvgIpc) is 2.15. The number of benzene rings is 1. The Bertz CT molecular complexity index is 355. The van der Waals surface area contributed by atoms with Crippen molar-refractivity contribution in [2.45, 2.75) is 18.1 Å². The average molecular weight is 260 g/mol. The maximum absolute atomic E-state index is 12.2. The van der Waals surface area contributed by atoms with E-state index in [4.69, 9.17) is 5.11 Å². The Labute approximate surface area is 91.4 Å². The minimum atomic E-state index is -6.00. The highest BCUT2D eigenvalue weighted by molar-refractivity contribution is 5.22. The predicted octanol–water partition coefficient (Wildman–Crippen LogP) is 2.88. The molecule has 0 saturated carbocycles. The van der Waals surface area contributed by atoms with Crippen LogP contribution in [0.1, 0.15) is 0 Å². The fourth-order valence-electron chi connectivity index (χ4n) is 0.936. The van der Waals surface area contributed by atoms with E-state index in [-0.39, 0.29) is 0 Å². The molecule has 1 aromatic carbocycles. The van der Waals surface area contributed by atoms with Gasteiger partial charge >= 0.3 is 18.1 Å². The quantitative estimate of drug-likeness (QED) is 0.654. The van der Waals surface area contributed by atoms with Crippen LogP contribution in [0.2, 0.25) is 0 Å². The summed E-state index contributed by atoms with van der Waals surface area (Å²) in [6.07, 6.45) is -12.0. The molecule has 1 N–H and O–H groups in total. The van der Waals surface area contributed by atoms with Crippen LogP contribution < -0.4 is 4.74 Å². The molecule has 0 amide bonds. The van der Waals surface area contributed by atoms with E-state index in [0.29, 0.717) is 0 Å². The largest absolute Gasteiger partial charge is 0.465 e. The molecule has 0 spiro atoms. The van der Waals surface area contributed by atoms with E-state index < -0.39 is 23.9 Å². The third-order valence-corrected chi connectivity index (χ3v) is 1.78. The van der Waals surface area contributed by atoms with Gasteiger partial charge in [0.2, 0.25) is 0 Å². The van der Waals surface area contributed by atoms with E-state index in [1.165, 1.54) is 18.2 Å². The molecule has 0 aliphatic carbocycles. The molecular weight excluding hydrogens is 254 g/mol. The molecule has 2 nitrogen and oxygen atoms in total. The maximum atomic E-state index is 12.2. The van der Waals surface area contributed by atoms with Gasteiger partial charge in [-0.15, -0.1) is 0 Å². The fraction of sp³-hybridized carbons (Fsp3) is 0.333. The SMILES string of the molecule is OC(Oc1ccccc1)(C(F)(F)F)C(F)(F)F. The van der Waals surface area contributed by atoms with Crippen LogP contribution in [-0.4, -0.2) is 23.2 Å². The van der Waals surface area contributed by atoms with Gasteiger partial charge < -0.3 is 9.84 Å². The van der Waals surface area contributed by atoms with E-state index in [2.05, 4.69) is 4.74 Å². The molecule has 8 heteroatoms. The van der Waals surface area contributed by atoms with Crippen LogP contribution in [-0.2, 0) is 0 Å². The summed E-state index contributed by atoms with van der Waals surface area (Å²) in [4.78, 5) is 0. The van der Waals surface area contributed by atoms with Gasteiger partial charge in [0.15, 0.2) is 0 Å². The first-order chi connectivity index (χ1) is 7.58. The summed E-state index contributed by atoms with van der Waals surface area (Å²) < 4.78 is 76.8. The van der Waals surface area contributed by atoms with Crippen LogP contribution in [0.5, 0.6) is 5.75 Å². The molecule has 0 aromatic heterocycles. The molecule has 0 atom stereocenters. The van der Waals surface area contributed by atoms with Crippen molar-refractivity contribution < 1.29 is 36.2 Å². The normalized spacial score (nSPS) is 13.6. The van der Waals surface area contributed by atoms with Gasteiger partial charge in [-0.1, -0.05) is 18.2 Å². The Morgan fingerprint density at radius 3 is 1.59 bits per heavy atom. The highest BCUT2D eigenvalue weighted by Gasteiger charge is 2.74. The number of rotatable bonds is 2. The Morgan fingerprint density at radius 1 is 0.824 bits per heavy atom. The minimum Gasteiger partial charge on any atom is -0.447 e. The van der Waals surface area contributed by atoms with Gasteiger partial charge in [-0.05, 0) is 12.1 Å². The Morgan fingerprint density at radius 2 is 1.24 bits per heavy atom. The third-order valence-electron chi connectivity index (χ3n) is 1.78. The Kier molecular flexibility index (Phi) is 3.28. The fourth-order valence-corrected chi connectivity index (χ4v) is 0.936. The summed E-state index contributed by atoms with van der Waals surface area (Å²) >= 11 is 0. The summed E-state index contributed by atoms with van der Waals surface area (Å²) in [7, 11) is 0. The van der Waals surface area contributed by atoms with Crippen LogP contribution >= 0.6 is 0 Å². The van der Waals surface area contributed by atoms with Gasteiger partial charge in [-0.3, -0.25) is 0 Å². The summed E-state index contributed by atoms with van der Waals surface area (Å²) in [6.45, 7) is 0. The molecule has 0 heterocycles. The lowest BCUT2D eigenvalue weighted by molar-refractivity contribution is -0.433. The monoisotopic (exact) mass is 260 g/mol. The van der Waals surface area contributed by atoms with E-state index in [1.54, 1.807) is 0 Å². The van der Waals surface area contributed by atoms with Gasteiger partial charge in [-0.2, -0.15) is 26.3 Å². The molecular formula is C9H6F6O2. The molecule has 17 heavy (non-hydrogen) atoms. The second-order valence-electron chi connectivity index (χ2n) is 3.05. The van der Waals surface area contributed by atoms with Crippen LogP contribution in [0.15, 0.2) is 30.3 Å². The van der Waals surface area contributed by atoms with Crippen molar-refractivity contribution in [3.8, 4) is 5.75 Å². The molecule has 0 radical (unpaired) electrons. The summed E-state index contributed by atoms with van der Waals surface area (Å²) in [5.41, 5.74) is 0. The number of hydrogen-bond donors (Lipinski definition) is 1. The topological polar surface area (TPSA) is 29.5 Å². The molecule has 0 aliphatic rings. The van der Waals surface area contributed by atoms with E-state index in [1.807, 2.05) is 0 Å². The van der Waals surface area contributed by atoms with Crippen LogP contribution in [0, 0.1) is 0 Å². The molecule has 96 valence electrons. The number of alkyl halides is 6. The summed E-state index contributed by atoms with van der Waals surface area (Å²) in [6, 6.07) is 5.43. The molecule has 0 aliphatic heterocycles. The van der Waals surface area contributed by atoms with Gasteiger partial charge in [0.05, 0.1) is 0 Å². The van der Waals surface area contributed by atoms with Crippen molar-refractivity contribution in [3.63, 3.8) is 0 Å². The van der Waals surface area contributed by atoms with E-state index in [9.17, 15) is 26.3 Å². The second-order valence-corrected chi connectivity index (χ2v) is 3.05. The van der Waals surface area contributed by atoms with Crippen molar-refractivity contribution in [1.82, 2.24) is 0 Å². The molecule has 0 saturated heterocycles. The van der Waals surface area contributed by atoms with E-state index in [0.717, 1.165) is 12.1 Å². The zero-order chi connectivity index (χ0) is 13.3. The Hall–Kier alpha value is -1.44. The smallest absolute Gasteiger partial charge is 0.447 e. The zero-order valence-corrected chi connectivity index (χ0v) is 8.01. The minimum absolute atomic E-state index is 0.746. The van der Waals surface area contributed by atoms with Crippen molar-refractivity contribution in [1.29, 1.82) is 0 Å². The Balaban J connectivity index is 3.11. The summed E-state index contributed by atoms with van der Waals surface area (Å²) in [5.74, 6) is -5.97. The second kappa shape index (κ2) is 4.10. The van der Waals surface area contributed by atoms with Crippen LogP contribution in [0.4, 0.5) is 26.3 Å². The van der Waals surface area contributed by atoms with Crippen molar-refractivity contribution in [2.75, 3.05) is 0 Å². The van der Waals surface area contributed by atoms with E-state index >= 15 is 0 Å². The highest BCUT2D eigenvalue weighted by Crippen LogP contribution is 2.44. The number of ether oxygens (including phenoxy) is 1. The van der Waals surface area contributed by atoms with Crippen molar-refractivity contribution >= 4 is 0 Å². The number of halogens is 6. The predicted molar refractivity (Wildman–Crippen MR) is 44.1 cm³/mol. The first kappa shape index (κ1) is 13.6. The zero-order valence-electron chi connectivity index (χ0n) is 8.01. The number of para-hydroxylation sites is 1. The lowest BCUT2D eigenvalue weighted by Crippen LogP contribution is -2.61. The van der Waals surface area contributed by atoms with Gasteiger partial charge in [0, 0.05) is 0 Å². The van der Waals surface area contributed by atoms with Crippen LogP contribution in [0.25, 0.3) is 0 Å². The van der Waals surface area contributed by atoms with Crippen LogP contribution in [0.3, 0.4) is 0 Å². The first-order valence-corrected chi connectivity index (χ1v) is 4.18. The molecule has 0 bridgehead atoms. The molecule has 1 rings (SSSR count). The lowest BCUT2D eigenvalue weighted by Gasteiger charge is -2.31. The summed E-state index contributed by atoms with van der Waals surface area (Å²) in [5, 5.41) is 8.67. The molecule has 1 aromatic rings. The van der Waals surface area contributed by atoms with Gasteiger partial charge in [-0.25, -0.2) is 0 Å². The van der Waals surface area contributed by atoms with Gasteiger partial charge in [0.1, 0.15) is 5.75 Å². The molecule has 0 fully saturated rings. The van der Waals surface area contributed by atoms with Gasteiger partial charge in [0.25, 0.3) is 0 Å². The third kappa shape index (κ3) is 2.63. The highest BCUT2D eigenvalue weighted by atomic mass is 19.4. The lowest BCUT2D eigenvalue weighted by atomic mass is 10.2. The molecule has 0 unspecified atom stereocenters. The van der Waals surface area contributed by atoms with Crippen molar-refractivity contribution in [3.05, 3.63) is 30.3 Å². The maximum Gasteiger partial charge on any atom is 0.465 e.